The van der Waals surface area contributed by atoms with Crippen LogP contribution >= 0.6 is 0 Å². The lowest BCUT2D eigenvalue weighted by molar-refractivity contribution is 1.17. The van der Waals surface area contributed by atoms with Crippen LogP contribution in [-0.4, -0.2) is 24.1 Å². The van der Waals surface area contributed by atoms with Crippen LogP contribution in [0.5, 0.6) is 0 Å². The predicted octanol–water partition coefficient (Wildman–Crippen LogP) is 16.2. The maximum atomic E-state index is 5.26. The van der Waals surface area contributed by atoms with E-state index in [9.17, 15) is 0 Å². The monoisotopic (exact) mass is 865 g/mol. The maximum Gasteiger partial charge on any atom is 0.164 e. The molecule has 5 heteroatoms. The van der Waals surface area contributed by atoms with Crippen molar-refractivity contribution in [1.29, 1.82) is 0 Å². The quantitative estimate of drug-likeness (QED) is 0.173. The Morgan fingerprint density at radius 3 is 1.43 bits per heavy atom. The van der Waals surface area contributed by atoms with Gasteiger partial charge in [-0.3, -0.25) is 0 Å². The zero-order valence-corrected chi connectivity index (χ0v) is 36.8. The van der Waals surface area contributed by atoms with Crippen LogP contribution in [0.15, 0.2) is 237 Å². The molecule has 0 saturated heterocycles. The van der Waals surface area contributed by atoms with Crippen molar-refractivity contribution in [2.45, 2.75) is 0 Å². The Balaban J connectivity index is 1.13. The van der Waals surface area contributed by atoms with Gasteiger partial charge in [-0.15, -0.1) is 0 Å². The minimum atomic E-state index is 0.640. The minimum Gasteiger partial charge on any atom is -0.309 e. The summed E-state index contributed by atoms with van der Waals surface area (Å²) in [6.45, 7) is 0. The first-order valence-electron chi connectivity index (χ1n) is 23.1. The van der Waals surface area contributed by atoms with Crippen LogP contribution in [0, 0.1) is 0 Å². The first-order chi connectivity index (χ1) is 33.7. The van der Waals surface area contributed by atoms with Gasteiger partial charge in [-0.2, -0.15) is 0 Å². The van der Waals surface area contributed by atoms with Crippen molar-refractivity contribution in [3.8, 4) is 45.0 Å². The second kappa shape index (κ2) is 15.2. The second-order valence-electron chi connectivity index (χ2n) is 17.6. The molecular formula is C63H39N5. The van der Waals surface area contributed by atoms with E-state index in [1.807, 2.05) is 18.2 Å². The third kappa shape index (κ3) is 5.99. The highest BCUT2D eigenvalue weighted by molar-refractivity contribution is 6.25. The van der Waals surface area contributed by atoms with Crippen LogP contribution in [0.3, 0.4) is 0 Å². The first-order valence-corrected chi connectivity index (χ1v) is 23.1. The lowest BCUT2D eigenvalue weighted by Gasteiger charge is -2.12. The minimum absolute atomic E-state index is 0.640. The van der Waals surface area contributed by atoms with Crippen LogP contribution in [0.25, 0.3) is 132 Å². The van der Waals surface area contributed by atoms with Crippen molar-refractivity contribution in [2.24, 2.45) is 0 Å². The summed E-state index contributed by atoms with van der Waals surface area (Å²) >= 11 is 0. The summed E-state index contributed by atoms with van der Waals surface area (Å²) in [6.07, 6.45) is 0. The Morgan fingerprint density at radius 1 is 0.250 bits per heavy atom. The summed E-state index contributed by atoms with van der Waals surface area (Å²) in [5.41, 5.74) is 13.7. The van der Waals surface area contributed by atoms with E-state index >= 15 is 0 Å². The molecule has 0 aliphatic carbocycles. The highest BCUT2D eigenvalue weighted by Crippen LogP contribution is 2.43. The number of fused-ring (bicyclic) bond motifs is 17. The summed E-state index contributed by atoms with van der Waals surface area (Å²) < 4.78 is 4.91. The van der Waals surface area contributed by atoms with Gasteiger partial charge in [-0.25, -0.2) is 15.0 Å². The van der Waals surface area contributed by atoms with Gasteiger partial charge in [0.25, 0.3) is 0 Å². The third-order valence-corrected chi connectivity index (χ3v) is 13.7. The zero-order chi connectivity index (χ0) is 44.7. The average Bonchev–Trinajstić information content (AvgIpc) is 3.93. The van der Waals surface area contributed by atoms with E-state index in [0.717, 1.165) is 82.1 Å². The lowest BCUT2D eigenvalue weighted by Crippen LogP contribution is -1.96. The highest BCUT2D eigenvalue weighted by atomic mass is 15.0. The standard InChI is InChI=1S/C63H39N5/c1-5-17-40(18-6-1)43-30-33-57-53(35-43)50-32-29-44(41-19-7-2-8-20-41)38-59(50)67(57)47-31-34-58-54(39-47)56-37-45-36-55(60(56)68(58)46-23-11-4-12-24-46)49-26-14-16-28-52(49)63-65-61(42-21-9-3-10-22-42)64-62(66-63)51-27-15-13-25-48(45)51/h1-39H. The molecule has 4 bridgehead atoms. The number of rotatable bonds is 5. The van der Waals surface area contributed by atoms with E-state index in [1.165, 1.54) is 33.0 Å². The molecule has 68 heavy (non-hydrogen) atoms. The molecular weight excluding hydrogens is 827 g/mol. The molecule has 10 aromatic carbocycles. The molecule has 0 unspecified atom stereocenters. The van der Waals surface area contributed by atoms with Crippen molar-refractivity contribution >= 4 is 87.2 Å². The van der Waals surface area contributed by atoms with E-state index in [2.05, 4.69) is 228 Å². The molecule has 0 spiro atoms. The number of benzene rings is 10. The molecule has 0 radical (unpaired) electrons. The van der Waals surface area contributed by atoms with E-state index in [-0.39, 0.29) is 0 Å². The third-order valence-electron chi connectivity index (χ3n) is 13.7. The Labute approximate surface area is 391 Å². The Kier molecular flexibility index (Phi) is 8.52. The molecule has 4 heterocycles. The number of hydrogen-bond donors (Lipinski definition) is 0. The van der Waals surface area contributed by atoms with Crippen molar-refractivity contribution in [3.05, 3.63) is 237 Å². The van der Waals surface area contributed by atoms with Crippen molar-refractivity contribution in [1.82, 2.24) is 24.1 Å². The van der Waals surface area contributed by atoms with E-state index in [1.54, 1.807) is 0 Å². The molecule has 4 aromatic heterocycles. The molecule has 0 saturated carbocycles. The van der Waals surface area contributed by atoms with E-state index in [0.29, 0.717) is 17.1 Å². The summed E-state index contributed by atoms with van der Waals surface area (Å²) in [6, 6.07) is 85.1. The van der Waals surface area contributed by atoms with Crippen LogP contribution in [0.2, 0.25) is 0 Å². The Bertz CT molecular complexity index is 4350. The number of aromatic nitrogens is 5. The number of para-hydroxylation sites is 1. The summed E-state index contributed by atoms with van der Waals surface area (Å²) in [7, 11) is 0. The van der Waals surface area contributed by atoms with Gasteiger partial charge >= 0.3 is 0 Å². The van der Waals surface area contributed by atoms with Crippen LogP contribution < -0.4 is 0 Å². The molecule has 0 atom stereocenters. The molecule has 0 amide bonds. The molecule has 14 rings (SSSR count). The number of nitrogens with zero attached hydrogens (tertiary/aromatic N) is 5. The van der Waals surface area contributed by atoms with Crippen LogP contribution in [0.4, 0.5) is 0 Å². The topological polar surface area (TPSA) is 48.5 Å². The van der Waals surface area contributed by atoms with Gasteiger partial charge < -0.3 is 9.13 Å². The van der Waals surface area contributed by atoms with E-state index < -0.39 is 0 Å². The second-order valence-corrected chi connectivity index (χ2v) is 17.6. The van der Waals surface area contributed by atoms with E-state index in [4.69, 9.17) is 15.0 Å². The molecule has 0 aliphatic rings. The summed E-state index contributed by atoms with van der Waals surface area (Å²) in [5, 5.41) is 11.0. The van der Waals surface area contributed by atoms with Gasteiger partial charge in [-0.1, -0.05) is 176 Å². The van der Waals surface area contributed by atoms with Gasteiger partial charge in [-0.05, 0) is 99.1 Å². The molecule has 0 N–H and O–H groups in total. The fourth-order valence-corrected chi connectivity index (χ4v) is 10.6. The Morgan fingerprint density at radius 2 is 0.750 bits per heavy atom. The van der Waals surface area contributed by atoms with Crippen LogP contribution in [0.1, 0.15) is 0 Å². The van der Waals surface area contributed by atoms with Crippen molar-refractivity contribution in [2.75, 3.05) is 0 Å². The number of hydrogen-bond acceptors (Lipinski definition) is 3. The molecule has 0 aliphatic heterocycles. The van der Waals surface area contributed by atoms with Crippen LogP contribution in [-0.2, 0) is 0 Å². The first kappa shape index (κ1) is 38.1. The fraction of sp³-hybridized carbons (Fsp3) is 0. The normalized spacial score (nSPS) is 11.8. The van der Waals surface area contributed by atoms with Gasteiger partial charge in [0.15, 0.2) is 17.1 Å². The van der Waals surface area contributed by atoms with Crippen molar-refractivity contribution in [3.63, 3.8) is 0 Å². The molecule has 316 valence electrons. The van der Waals surface area contributed by atoms with Gasteiger partial charge in [0.1, 0.15) is 0 Å². The molecule has 0 fully saturated rings. The Hall–Kier alpha value is -9.19. The highest BCUT2D eigenvalue weighted by Gasteiger charge is 2.21. The maximum absolute atomic E-state index is 5.26. The van der Waals surface area contributed by atoms with Gasteiger partial charge in [0.2, 0.25) is 0 Å². The smallest absolute Gasteiger partial charge is 0.164 e. The van der Waals surface area contributed by atoms with Gasteiger partial charge in [0.05, 0.1) is 22.1 Å². The molecule has 5 nitrogen and oxygen atoms in total. The zero-order valence-electron chi connectivity index (χ0n) is 36.8. The summed E-state index contributed by atoms with van der Waals surface area (Å²) in [4.78, 5) is 15.6. The summed E-state index contributed by atoms with van der Waals surface area (Å²) in [5.74, 6) is 0.646. The molecule has 14 aromatic rings. The van der Waals surface area contributed by atoms with Gasteiger partial charge in [0, 0.05) is 54.6 Å². The predicted molar refractivity (Wildman–Crippen MR) is 284 cm³/mol. The fourth-order valence-electron chi connectivity index (χ4n) is 10.6. The lowest BCUT2D eigenvalue weighted by atomic mass is 10.00. The van der Waals surface area contributed by atoms with Crippen molar-refractivity contribution < 1.29 is 0 Å². The largest absolute Gasteiger partial charge is 0.309 e. The average molecular weight is 866 g/mol. The SMILES string of the molecule is c1ccc(-c2ccc3c(c2)c2ccc(-c4ccccc4)cc2n3-c2ccc3c(c2)c2cc4cc(c5ccccc5c5nc(-c6ccccc6)nc(n5)c5ccccc45)c2n3-c2ccccc2)cc1.